The maximum absolute atomic E-state index is 5.81. The molecule has 0 bridgehead atoms. The van der Waals surface area contributed by atoms with Crippen LogP contribution >= 0.6 is 0 Å². The molecule has 0 aromatic carbocycles. The van der Waals surface area contributed by atoms with Crippen molar-refractivity contribution < 1.29 is 0 Å². The summed E-state index contributed by atoms with van der Waals surface area (Å²) in [6, 6.07) is 0. The minimum Gasteiger partial charge on any atom is -0.368 e. The topological polar surface area (TPSA) is 98.6 Å². The lowest BCUT2D eigenvalue weighted by Crippen LogP contribution is -2.33. The second-order valence-electron chi connectivity index (χ2n) is 5.83. The van der Waals surface area contributed by atoms with Gasteiger partial charge in [-0.2, -0.15) is 24.7 Å². The fraction of sp³-hybridized carbons (Fsp3) is 0.615. The van der Waals surface area contributed by atoms with Crippen LogP contribution in [0.1, 0.15) is 27.7 Å². The van der Waals surface area contributed by atoms with Crippen molar-refractivity contribution in [3.63, 3.8) is 0 Å². The molecule has 114 valence electrons. The molecular formula is C13H22N8. The first-order valence-electron chi connectivity index (χ1n) is 7.07. The molecular weight excluding hydrogens is 268 g/mol. The van der Waals surface area contributed by atoms with Gasteiger partial charge < -0.3 is 10.6 Å². The van der Waals surface area contributed by atoms with Gasteiger partial charge in [-0.1, -0.05) is 27.7 Å². The van der Waals surface area contributed by atoms with Crippen LogP contribution in [0.5, 0.6) is 0 Å². The van der Waals surface area contributed by atoms with E-state index in [2.05, 4.69) is 57.6 Å². The summed E-state index contributed by atoms with van der Waals surface area (Å²) in [5.41, 5.74) is 5.81. The number of nitrogens with two attached hydrogens (primary N) is 1. The zero-order valence-electron chi connectivity index (χ0n) is 12.9. The molecule has 0 fully saturated rings. The van der Waals surface area contributed by atoms with Crippen LogP contribution in [-0.2, 0) is 0 Å². The summed E-state index contributed by atoms with van der Waals surface area (Å²) in [4.78, 5) is 18.9. The van der Waals surface area contributed by atoms with Gasteiger partial charge in [-0.05, 0) is 11.8 Å². The van der Waals surface area contributed by atoms with Crippen LogP contribution in [0.15, 0.2) is 12.7 Å². The molecule has 2 heterocycles. The number of nitrogens with zero attached hydrogens (tertiary/aromatic N) is 7. The van der Waals surface area contributed by atoms with Crippen molar-refractivity contribution in [3.8, 4) is 5.95 Å². The Balaban J connectivity index is 2.35. The Hall–Kier alpha value is -2.25. The largest absolute Gasteiger partial charge is 0.368 e. The molecule has 2 aromatic rings. The first-order chi connectivity index (χ1) is 9.95. The SMILES string of the molecule is CC(C)CN(CC(C)C)c1nc(N)nc(-n2cncn2)n1. The van der Waals surface area contributed by atoms with Crippen LogP contribution in [0.3, 0.4) is 0 Å². The first-order valence-corrected chi connectivity index (χ1v) is 7.07. The van der Waals surface area contributed by atoms with Crippen molar-refractivity contribution in [3.05, 3.63) is 12.7 Å². The van der Waals surface area contributed by atoms with Crippen LogP contribution in [0.2, 0.25) is 0 Å². The zero-order chi connectivity index (χ0) is 15.4. The number of hydrogen-bond acceptors (Lipinski definition) is 7. The Morgan fingerprint density at radius 3 is 2.29 bits per heavy atom. The number of nitrogen functional groups attached to an aromatic ring is 1. The molecule has 8 nitrogen and oxygen atoms in total. The van der Waals surface area contributed by atoms with E-state index in [0.717, 1.165) is 13.1 Å². The van der Waals surface area contributed by atoms with Crippen LogP contribution in [0.4, 0.5) is 11.9 Å². The summed E-state index contributed by atoms with van der Waals surface area (Å²) < 4.78 is 1.48. The Bertz CT molecular complexity index is 554. The van der Waals surface area contributed by atoms with Crippen LogP contribution in [0.25, 0.3) is 5.95 Å². The number of rotatable bonds is 6. The van der Waals surface area contributed by atoms with E-state index < -0.39 is 0 Å². The molecule has 2 aromatic heterocycles. The monoisotopic (exact) mass is 290 g/mol. The summed E-state index contributed by atoms with van der Waals surface area (Å²) >= 11 is 0. The number of aromatic nitrogens is 6. The third-order valence-corrected chi connectivity index (χ3v) is 2.71. The maximum atomic E-state index is 5.81. The maximum Gasteiger partial charge on any atom is 0.258 e. The van der Waals surface area contributed by atoms with Crippen LogP contribution in [0, 0.1) is 11.8 Å². The van der Waals surface area contributed by atoms with Crippen LogP contribution in [-0.4, -0.2) is 42.8 Å². The van der Waals surface area contributed by atoms with Gasteiger partial charge in [0.25, 0.3) is 5.95 Å². The van der Waals surface area contributed by atoms with Gasteiger partial charge in [-0.25, -0.2) is 4.98 Å². The average molecular weight is 290 g/mol. The van der Waals surface area contributed by atoms with Crippen molar-refractivity contribution in [1.29, 1.82) is 0 Å². The second-order valence-corrected chi connectivity index (χ2v) is 5.83. The van der Waals surface area contributed by atoms with E-state index in [0.29, 0.717) is 23.7 Å². The first kappa shape index (κ1) is 15.1. The molecule has 2 N–H and O–H groups in total. The molecule has 2 rings (SSSR count). The Kier molecular flexibility index (Phi) is 4.66. The van der Waals surface area contributed by atoms with E-state index in [1.165, 1.54) is 17.3 Å². The normalized spacial score (nSPS) is 11.3. The lowest BCUT2D eigenvalue weighted by atomic mass is 10.1. The molecule has 0 unspecified atom stereocenters. The molecule has 0 saturated heterocycles. The van der Waals surface area contributed by atoms with Crippen molar-refractivity contribution in [2.75, 3.05) is 23.7 Å². The number of hydrogen-bond donors (Lipinski definition) is 1. The van der Waals surface area contributed by atoms with E-state index >= 15 is 0 Å². The van der Waals surface area contributed by atoms with Gasteiger partial charge in [-0.15, -0.1) is 0 Å². The molecule has 0 amide bonds. The predicted octanol–water partition coefficient (Wildman–Crippen LogP) is 1.15. The molecule has 0 saturated carbocycles. The van der Waals surface area contributed by atoms with Crippen LogP contribution < -0.4 is 10.6 Å². The second kappa shape index (κ2) is 6.47. The Morgan fingerprint density at radius 1 is 1.10 bits per heavy atom. The summed E-state index contributed by atoms with van der Waals surface area (Å²) in [5.74, 6) is 2.14. The highest BCUT2D eigenvalue weighted by Crippen LogP contribution is 2.15. The summed E-state index contributed by atoms with van der Waals surface area (Å²) in [5, 5.41) is 4.03. The highest BCUT2D eigenvalue weighted by molar-refractivity contribution is 5.37. The Morgan fingerprint density at radius 2 is 1.76 bits per heavy atom. The third kappa shape index (κ3) is 4.11. The average Bonchev–Trinajstić information content (AvgIpc) is 2.90. The van der Waals surface area contributed by atoms with Gasteiger partial charge in [0.2, 0.25) is 11.9 Å². The van der Waals surface area contributed by atoms with E-state index in [9.17, 15) is 0 Å². The molecule has 0 aliphatic carbocycles. The van der Waals surface area contributed by atoms with Gasteiger partial charge >= 0.3 is 0 Å². The van der Waals surface area contributed by atoms with Crippen molar-refractivity contribution >= 4 is 11.9 Å². The van der Waals surface area contributed by atoms with Gasteiger partial charge in [-0.3, -0.25) is 0 Å². The molecule has 0 radical (unpaired) electrons. The minimum atomic E-state index is 0.183. The van der Waals surface area contributed by atoms with E-state index in [1.807, 2.05) is 0 Å². The lowest BCUT2D eigenvalue weighted by Gasteiger charge is -2.26. The van der Waals surface area contributed by atoms with Gasteiger partial charge in [0.05, 0.1) is 0 Å². The minimum absolute atomic E-state index is 0.183. The fourth-order valence-electron chi connectivity index (χ4n) is 2.04. The van der Waals surface area contributed by atoms with Crippen molar-refractivity contribution in [2.45, 2.75) is 27.7 Å². The molecule has 21 heavy (non-hydrogen) atoms. The zero-order valence-corrected chi connectivity index (χ0v) is 12.9. The van der Waals surface area contributed by atoms with Gasteiger partial charge in [0, 0.05) is 13.1 Å². The highest BCUT2D eigenvalue weighted by Gasteiger charge is 2.16. The fourth-order valence-corrected chi connectivity index (χ4v) is 2.04. The number of anilines is 2. The van der Waals surface area contributed by atoms with Gasteiger partial charge in [0.15, 0.2) is 0 Å². The lowest BCUT2D eigenvalue weighted by molar-refractivity contribution is 0.542. The molecule has 0 spiro atoms. The summed E-state index contributed by atoms with van der Waals surface area (Å²) in [6.45, 7) is 10.4. The van der Waals surface area contributed by atoms with Gasteiger partial charge in [0.1, 0.15) is 12.7 Å². The van der Waals surface area contributed by atoms with Crippen molar-refractivity contribution in [2.24, 2.45) is 11.8 Å². The summed E-state index contributed by atoms with van der Waals surface area (Å²) in [7, 11) is 0. The predicted molar refractivity (Wildman–Crippen MR) is 81.0 cm³/mol. The van der Waals surface area contributed by atoms with E-state index in [4.69, 9.17) is 5.73 Å². The molecule has 0 aliphatic heterocycles. The smallest absolute Gasteiger partial charge is 0.258 e. The molecule has 0 atom stereocenters. The molecule has 8 heteroatoms. The highest BCUT2D eigenvalue weighted by atomic mass is 15.4. The van der Waals surface area contributed by atoms with E-state index in [1.54, 1.807) is 0 Å². The van der Waals surface area contributed by atoms with Crippen molar-refractivity contribution in [1.82, 2.24) is 29.7 Å². The molecule has 0 aliphatic rings. The Labute approximate surface area is 124 Å². The standard InChI is InChI=1S/C13H22N8/c1-9(2)5-20(6-10(3)4)12-17-11(14)18-13(19-12)21-8-15-7-16-21/h7-10H,5-6H2,1-4H3,(H2,14,17,18,19). The van der Waals surface area contributed by atoms with E-state index in [-0.39, 0.29) is 5.95 Å². The summed E-state index contributed by atoms with van der Waals surface area (Å²) in [6.07, 6.45) is 2.97. The quantitative estimate of drug-likeness (QED) is 0.852. The third-order valence-electron chi connectivity index (χ3n) is 2.71.